The van der Waals surface area contributed by atoms with Gasteiger partial charge in [-0.3, -0.25) is 9.48 Å². The Bertz CT molecular complexity index is 1110. The molecule has 0 aliphatic carbocycles. The highest BCUT2D eigenvalue weighted by Crippen LogP contribution is 2.27. The van der Waals surface area contributed by atoms with E-state index in [1.807, 2.05) is 37.3 Å². The lowest BCUT2D eigenvalue weighted by Gasteiger charge is -2.36. The van der Waals surface area contributed by atoms with Crippen LogP contribution in [0.2, 0.25) is 0 Å². The van der Waals surface area contributed by atoms with Crippen LogP contribution in [-0.4, -0.2) is 54.8 Å². The number of anilines is 2. The molecule has 4 N–H and O–H groups in total. The van der Waals surface area contributed by atoms with Gasteiger partial charge in [0.05, 0.1) is 23.6 Å². The van der Waals surface area contributed by atoms with E-state index in [2.05, 4.69) is 20.4 Å². The Kier molecular flexibility index (Phi) is 6.02. The standard InChI is InChI=1S/C22H25N7O3/c1-14-9-24-21(26-17-10-25-29(11-17)18-12-28(13-18)22(31)32)27-20(14)16(8-19(23)30)7-15-5-3-2-4-6-15/h2-6,9-11,16,18H,7-8,12-13H2,1H3,(H2,23,30)(H,31,32)(H,24,26,27). The number of carbonyl (C=O) groups is 2. The van der Waals surface area contributed by atoms with E-state index >= 15 is 0 Å². The molecule has 3 heterocycles. The minimum atomic E-state index is -0.923. The molecule has 10 heteroatoms. The van der Waals surface area contributed by atoms with Gasteiger partial charge in [-0.1, -0.05) is 30.3 Å². The summed E-state index contributed by atoms with van der Waals surface area (Å²) < 4.78 is 1.74. The average molecular weight is 435 g/mol. The number of amides is 2. The highest BCUT2D eigenvalue weighted by atomic mass is 16.4. The maximum atomic E-state index is 11.7. The lowest BCUT2D eigenvalue weighted by Crippen LogP contribution is -2.50. The summed E-state index contributed by atoms with van der Waals surface area (Å²) in [6.07, 6.45) is 5.08. The molecule has 0 bridgehead atoms. The van der Waals surface area contributed by atoms with Crippen LogP contribution in [0.15, 0.2) is 48.9 Å². The van der Waals surface area contributed by atoms with E-state index in [4.69, 9.17) is 10.8 Å². The zero-order valence-electron chi connectivity index (χ0n) is 17.7. The van der Waals surface area contributed by atoms with Gasteiger partial charge in [-0.2, -0.15) is 5.10 Å². The third kappa shape index (κ3) is 4.85. The Morgan fingerprint density at radius 1 is 1.25 bits per heavy atom. The maximum Gasteiger partial charge on any atom is 0.407 e. The first kappa shape index (κ1) is 21.3. The predicted molar refractivity (Wildman–Crippen MR) is 118 cm³/mol. The summed E-state index contributed by atoms with van der Waals surface area (Å²) in [4.78, 5) is 33.1. The summed E-state index contributed by atoms with van der Waals surface area (Å²) >= 11 is 0. The smallest absolute Gasteiger partial charge is 0.407 e. The second-order valence-corrected chi connectivity index (χ2v) is 7.99. The van der Waals surface area contributed by atoms with Gasteiger partial charge < -0.3 is 21.1 Å². The van der Waals surface area contributed by atoms with Crippen molar-refractivity contribution in [1.82, 2.24) is 24.6 Å². The number of hydrogen-bond donors (Lipinski definition) is 3. The first-order valence-corrected chi connectivity index (χ1v) is 10.3. The van der Waals surface area contributed by atoms with Crippen molar-refractivity contribution in [3.63, 3.8) is 0 Å². The molecule has 32 heavy (non-hydrogen) atoms. The number of nitrogens with one attached hydrogen (secondary N) is 1. The molecule has 0 saturated carbocycles. The molecule has 1 atom stereocenters. The molecule has 0 spiro atoms. The minimum Gasteiger partial charge on any atom is -0.465 e. The van der Waals surface area contributed by atoms with Gasteiger partial charge in [0.1, 0.15) is 0 Å². The molecule has 1 fully saturated rings. The quantitative estimate of drug-likeness (QED) is 0.494. The second-order valence-electron chi connectivity index (χ2n) is 7.99. The van der Waals surface area contributed by atoms with Crippen LogP contribution in [0.1, 0.15) is 35.2 Å². The Hall–Kier alpha value is -3.95. The molecule has 3 aromatic rings. The molecular weight excluding hydrogens is 410 g/mol. The minimum absolute atomic E-state index is 0.0157. The van der Waals surface area contributed by atoms with Crippen LogP contribution in [0.25, 0.3) is 0 Å². The highest BCUT2D eigenvalue weighted by Gasteiger charge is 2.32. The number of aryl methyl sites for hydroxylation is 1. The van der Waals surface area contributed by atoms with Gasteiger partial charge in [0.15, 0.2) is 0 Å². The first-order valence-electron chi connectivity index (χ1n) is 10.3. The van der Waals surface area contributed by atoms with Crippen LogP contribution in [-0.2, 0) is 11.2 Å². The largest absolute Gasteiger partial charge is 0.465 e. The monoisotopic (exact) mass is 435 g/mol. The molecule has 1 saturated heterocycles. The van der Waals surface area contributed by atoms with Gasteiger partial charge >= 0.3 is 6.09 Å². The lowest BCUT2D eigenvalue weighted by atomic mass is 9.90. The van der Waals surface area contributed by atoms with Crippen molar-refractivity contribution in [2.45, 2.75) is 31.7 Å². The molecule has 0 radical (unpaired) electrons. The van der Waals surface area contributed by atoms with Crippen LogP contribution in [0.3, 0.4) is 0 Å². The van der Waals surface area contributed by atoms with Crippen molar-refractivity contribution < 1.29 is 14.7 Å². The molecule has 1 aromatic carbocycles. The van der Waals surface area contributed by atoms with Gasteiger partial charge in [-0.25, -0.2) is 14.8 Å². The Balaban J connectivity index is 1.50. The number of carbonyl (C=O) groups excluding carboxylic acids is 1. The van der Waals surface area contributed by atoms with Crippen molar-refractivity contribution in [3.8, 4) is 0 Å². The molecule has 4 rings (SSSR count). The number of benzene rings is 1. The number of rotatable bonds is 8. The molecule has 166 valence electrons. The lowest BCUT2D eigenvalue weighted by molar-refractivity contribution is -0.118. The molecule has 1 aliphatic heterocycles. The zero-order valence-corrected chi connectivity index (χ0v) is 17.7. The third-order valence-electron chi connectivity index (χ3n) is 5.53. The Morgan fingerprint density at radius 2 is 2.00 bits per heavy atom. The Morgan fingerprint density at radius 3 is 2.69 bits per heavy atom. The van der Waals surface area contributed by atoms with Gasteiger partial charge in [0, 0.05) is 37.8 Å². The number of primary amides is 1. The molecule has 2 aromatic heterocycles. The highest BCUT2D eigenvalue weighted by molar-refractivity contribution is 5.74. The molecule has 1 unspecified atom stereocenters. The summed E-state index contributed by atoms with van der Waals surface area (Å²) in [6, 6.07) is 9.93. The summed E-state index contributed by atoms with van der Waals surface area (Å²) in [6.45, 7) is 2.74. The summed E-state index contributed by atoms with van der Waals surface area (Å²) in [5.41, 5.74) is 8.98. The fourth-order valence-electron chi connectivity index (χ4n) is 3.85. The van der Waals surface area contributed by atoms with Crippen molar-refractivity contribution in [3.05, 3.63) is 65.7 Å². The number of hydrogen-bond acceptors (Lipinski definition) is 6. The van der Waals surface area contributed by atoms with Gasteiger partial charge in [-0.15, -0.1) is 0 Å². The summed E-state index contributed by atoms with van der Waals surface area (Å²) in [7, 11) is 0. The average Bonchev–Trinajstić information content (AvgIpc) is 3.16. The topological polar surface area (TPSA) is 139 Å². The van der Waals surface area contributed by atoms with Crippen molar-refractivity contribution >= 4 is 23.6 Å². The van der Waals surface area contributed by atoms with E-state index in [-0.39, 0.29) is 24.3 Å². The van der Waals surface area contributed by atoms with Crippen LogP contribution >= 0.6 is 0 Å². The predicted octanol–water partition coefficient (Wildman–Crippen LogP) is 2.46. The van der Waals surface area contributed by atoms with E-state index in [1.54, 1.807) is 23.3 Å². The van der Waals surface area contributed by atoms with E-state index in [0.29, 0.717) is 31.1 Å². The van der Waals surface area contributed by atoms with Gasteiger partial charge in [0.2, 0.25) is 11.9 Å². The second kappa shape index (κ2) is 9.04. The van der Waals surface area contributed by atoms with Gasteiger partial charge in [0.25, 0.3) is 0 Å². The number of carboxylic acid groups (broad SMARTS) is 1. The number of nitrogens with two attached hydrogens (primary N) is 1. The number of likely N-dealkylation sites (tertiary alicyclic amines) is 1. The van der Waals surface area contributed by atoms with E-state index in [1.165, 1.54) is 4.90 Å². The van der Waals surface area contributed by atoms with Crippen molar-refractivity contribution in [2.24, 2.45) is 5.73 Å². The van der Waals surface area contributed by atoms with Gasteiger partial charge in [-0.05, 0) is 24.5 Å². The third-order valence-corrected chi connectivity index (χ3v) is 5.53. The van der Waals surface area contributed by atoms with E-state index < -0.39 is 6.09 Å². The normalized spacial score (nSPS) is 14.6. The van der Waals surface area contributed by atoms with Crippen LogP contribution in [0, 0.1) is 6.92 Å². The fraction of sp³-hybridized carbons (Fsp3) is 0.318. The summed E-state index contributed by atoms with van der Waals surface area (Å²) in [5.74, 6) is -0.151. The van der Waals surface area contributed by atoms with Crippen LogP contribution in [0.4, 0.5) is 16.4 Å². The van der Waals surface area contributed by atoms with Crippen molar-refractivity contribution in [1.29, 1.82) is 0 Å². The fourth-order valence-corrected chi connectivity index (χ4v) is 3.85. The molecule has 2 amide bonds. The number of nitrogens with zero attached hydrogens (tertiary/aromatic N) is 5. The molecular formula is C22H25N7O3. The maximum absolute atomic E-state index is 11.7. The van der Waals surface area contributed by atoms with Crippen molar-refractivity contribution in [2.75, 3.05) is 18.4 Å². The first-order chi connectivity index (χ1) is 15.4. The Labute approximate surface area is 185 Å². The van der Waals surface area contributed by atoms with Crippen LogP contribution in [0.5, 0.6) is 0 Å². The SMILES string of the molecule is Cc1cnc(Nc2cnn(C3CN(C(=O)O)C3)c2)nc1C(CC(N)=O)Cc1ccccc1. The summed E-state index contributed by atoms with van der Waals surface area (Å²) in [5, 5.41) is 16.4. The number of aromatic nitrogens is 4. The zero-order chi connectivity index (χ0) is 22.7. The molecule has 1 aliphatic rings. The van der Waals surface area contributed by atoms with E-state index in [9.17, 15) is 9.59 Å². The molecule has 10 nitrogen and oxygen atoms in total. The van der Waals surface area contributed by atoms with Crippen LogP contribution < -0.4 is 11.1 Å². The van der Waals surface area contributed by atoms with E-state index in [0.717, 1.165) is 16.8 Å².